The summed E-state index contributed by atoms with van der Waals surface area (Å²) in [5, 5.41) is 9.25. The molecule has 2 amide bonds. The van der Waals surface area contributed by atoms with Gasteiger partial charge in [0.1, 0.15) is 0 Å². The fourth-order valence-corrected chi connectivity index (χ4v) is 2.87. The summed E-state index contributed by atoms with van der Waals surface area (Å²) in [7, 11) is 0. The lowest BCUT2D eigenvalue weighted by atomic mass is 9.93. The average Bonchev–Trinajstić information content (AvgIpc) is 2.56. The SMILES string of the molecule is Cc1ccc(NC(=O)CCC2CCNCC2)cc1NC(=O)C(C)(C)C. The van der Waals surface area contributed by atoms with Gasteiger partial charge in [-0.1, -0.05) is 26.8 Å². The van der Waals surface area contributed by atoms with Gasteiger partial charge in [-0.2, -0.15) is 0 Å². The maximum absolute atomic E-state index is 12.2. The summed E-state index contributed by atoms with van der Waals surface area (Å²) in [6.45, 7) is 9.70. The Balaban J connectivity index is 1.92. The van der Waals surface area contributed by atoms with Gasteiger partial charge in [-0.25, -0.2) is 0 Å². The molecule has 0 aromatic heterocycles. The predicted octanol–water partition coefficient (Wildman–Crippen LogP) is 3.70. The number of aryl methyl sites for hydroxylation is 1. The van der Waals surface area contributed by atoms with Crippen LogP contribution in [0.5, 0.6) is 0 Å². The molecule has 0 aliphatic carbocycles. The highest BCUT2D eigenvalue weighted by Crippen LogP contribution is 2.24. The van der Waals surface area contributed by atoms with Crippen molar-refractivity contribution in [3.05, 3.63) is 23.8 Å². The number of piperidine rings is 1. The molecule has 138 valence electrons. The minimum atomic E-state index is -0.458. The highest BCUT2D eigenvalue weighted by molar-refractivity contribution is 5.97. The van der Waals surface area contributed by atoms with Gasteiger partial charge in [0.15, 0.2) is 0 Å². The van der Waals surface area contributed by atoms with Crippen LogP contribution in [-0.2, 0) is 9.59 Å². The molecular weight excluding hydrogens is 314 g/mol. The van der Waals surface area contributed by atoms with Gasteiger partial charge in [0.05, 0.1) is 0 Å². The van der Waals surface area contributed by atoms with E-state index in [4.69, 9.17) is 0 Å². The summed E-state index contributed by atoms with van der Waals surface area (Å²) >= 11 is 0. The Bertz CT molecular complexity index is 614. The molecule has 3 N–H and O–H groups in total. The lowest BCUT2D eigenvalue weighted by Crippen LogP contribution is -2.28. The van der Waals surface area contributed by atoms with Crippen molar-refractivity contribution in [3.63, 3.8) is 0 Å². The van der Waals surface area contributed by atoms with Gasteiger partial charge in [-0.3, -0.25) is 9.59 Å². The van der Waals surface area contributed by atoms with Crippen molar-refractivity contribution in [1.29, 1.82) is 0 Å². The van der Waals surface area contributed by atoms with Crippen molar-refractivity contribution in [1.82, 2.24) is 5.32 Å². The Hall–Kier alpha value is -1.88. The highest BCUT2D eigenvalue weighted by Gasteiger charge is 2.22. The van der Waals surface area contributed by atoms with E-state index in [0.29, 0.717) is 12.3 Å². The molecule has 1 aliphatic rings. The number of amides is 2. The molecular formula is C20H31N3O2. The second kappa shape index (κ2) is 8.48. The fourth-order valence-electron chi connectivity index (χ4n) is 2.87. The number of anilines is 2. The second-order valence-corrected chi connectivity index (χ2v) is 8.01. The van der Waals surface area contributed by atoms with Crippen molar-refractivity contribution < 1.29 is 9.59 Å². The highest BCUT2D eigenvalue weighted by atomic mass is 16.2. The van der Waals surface area contributed by atoms with E-state index in [2.05, 4.69) is 16.0 Å². The van der Waals surface area contributed by atoms with Crippen LogP contribution < -0.4 is 16.0 Å². The summed E-state index contributed by atoms with van der Waals surface area (Å²) < 4.78 is 0. The molecule has 1 heterocycles. The number of rotatable bonds is 5. The zero-order valence-corrected chi connectivity index (χ0v) is 15.9. The summed E-state index contributed by atoms with van der Waals surface area (Å²) in [6, 6.07) is 5.63. The topological polar surface area (TPSA) is 70.2 Å². The first-order valence-electron chi connectivity index (χ1n) is 9.18. The van der Waals surface area contributed by atoms with Gasteiger partial charge in [0, 0.05) is 23.2 Å². The molecule has 0 radical (unpaired) electrons. The van der Waals surface area contributed by atoms with Gasteiger partial charge in [-0.15, -0.1) is 0 Å². The molecule has 1 saturated heterocycles. The van der Waals surface area contributed by atoms with E-state index in [1.54, 1.807) is 0 Å². The van der Waals surface area contributed by atoms with E-state index in [0.717, 1.165) is 49.3 Å². The van der Waals surface area contributed by atoms with Gasteiger partial charge in [0.2, 0.25) is 11.8 Å². The van der Waals surface area contributed by atoms with Gasteiger partial charge in [0.25, 0.3) is 0 Å². The van der Waals surface area contributed by atoms with Crippen LogP contribution in [0.25, 0.3) is 0 Å². The maximum atomic E-state index is 12.2. The van der Waals surface area contributed by atoms with Crippen molar-refractivity contribution in [2.75, 3.05) is 23.7 Å². The summed E-state index contributed by atoms with van der Waals surface area (Å²) in [6.07, 6.45) is 3.79. The van der Waals surface area contributed by atoms with E-state index in [1.165, 1.54) is 0 Å². The number of nitrogens with one attached hydrogen (secondary N) is 3. The molecule has 0 unspecified atom stereocenters. The Morgan fingerprint density at radius 2 is 1.84 bits per heavy atom. The quantitative estimate of drug-likeness (QED) is 0.762. The molecule has 1 aromatic rings. The lowest BCUT2D eigenvalue weighted by Gasteiger charge is -2.22. The van der Waals surface area contributed by atoms with E-state index >= 15 is 0 Å². The Morgan fingerprint density at radius 1 is 1.16 bits per heavy atom. The van der Waals surface area contributed by atoms with E-state index in [1.807, 2.05) is 45.9 Å². The third-order valence-corrected chi connectivity index (χ3v) is 4.69. The zero-order chi connectivity index (χ0) is 18.4. The van der Waals surface area contributed by atoms with E-state index in [-0.39, 0.29) is 11.8 Å². The van der Waals surface area contributed by atoms with Crippen LogP contribution in [0.1, 0.15) is 52.0 Å². The lowest BCUT2D eigenvalue weighted by molar-refractivity contribution is -0.123. The van der Waals surface area contributed by atoms with Crippen LogP contribution >= 0.6 is 0 Å². The van der Waals surface area contributed by atoms with Crippen molar-refractivity contribution in [2.45, 2.75) is 53.4 Å². The predicted molar refractivity (Wildman–Crippen MR) is 103 cm³/mol. The number of hydrogen-bond acceptors (Lipinski definition) is 3. The molecule has 2 rings (SSSR count). The van der Waals surface area contributed by atoms with Gasteiger partial charge < -0.3 is 16.0 Å². The molecule has 0 atom stereocenters. The number of hydrogen-bond donors (Lipinski definition) is 3. The molecule has 1 aromatic carbocycles. The van der Waals surface area contributed by atoms with Crippen LogP contribution in [0.15, 0.2) is 18.2 Å². The van der Waals surface area contributed by atoms with Crippen LogP contribution in [0.4, 0.5) is 11.4 Å². The molecule has 5 heteroatoms. The van der Waals surface area contributed by atoms with Crippen molar-refractivity contribution in [3.8, 4) is 0 Å². The number of carbonyl (C=O) groups excluding carboxylic acids is 2. The first kappa shape index (κ1) is 19.4. The minimum absolute atomic E-state index is 0.0371. The van der Waals surface area contributed by atoms with E-state index < -0.39 is 5.41 Å². The molecule has 0 spiro atoms. The van der Waals surface area contributed by atoms with E-state index in [9.17, 15) is 9.59 Å². The van der Waals surface area contributed by atoms with Gasteiger partial charge >= 0.3 is 0 Å². The van der Waals surface area contributed by atoms with Crippen LogP contribution in [0, 0.1) is 18.3 Å². The average molecular weight is 345 g/mol. The smallest absolute Gasteiger partial charge is 0.229 e. The van der Waals surface area contributed by atoms with Crippen LogP contribution in [-0.4, -0.2) is 24.9 Å². The molecule has 5 nitrogen and oxygen atoms in total. The third kappa shape index (κ3) is 6.16. The first-order chi connectivity index (χ1) is 11.8. The standard InChI is InChI=1S/C20H31N3O2/c1-14-5-7-16(13-17(14)23-19(25)20(2,3)4)22-18(24)8-6-15-9-11-21-12-10-15/h5,7,13,15,21H,6,8-12H2,1-4H3,(H,22,24)(H,23,25). The molecule has 25 heavy (non-hydrogen) atoms. The van der Waals surface area contributed by atoms with Crippen LogP contribution in [0.2, 0.25) is 0 Å². The Kier molecular flexibility index (Phi) is 6.59. The summed E-state index contributed by atoms with van der Waals surface area (Å²) in [4.78, 5) is 24.4. The first-order valence-corrected chi connectivity index (χ1v) is 9.18. The fraction of sp³-hybridized carbons (Fsp3) is 0.600. The number of benzene rings is 1. The van der Waals surface area contributed by atoms with Crippen LogP contribution in [0.3, 0.4) is 0 Å². The summed E-state index contributed by atoms with van der Waals surface area (Å²) in [5.41, 5.74) is 1.99. The van der Waals surface area contributed by atoms with Gasteiger partial charge in [-0.05, 0) is 62.9 Å². The zero-order valence-electron chi connectivity index (χ0n) is 15.9. The number of carbonyl (C=O) groups is 2. The Labute approximate surface area is 151 Å². The molecule has 1 fully saturated rings. The molecule has 1 aliphatic heterocycles. The molecule has 0 saturated carbocycles. The largest absolute Gasteiger partial charge is 0.326 e. The maximum Gasteiger partial charge on any atom is 0.229 e. The Morgan fingerprint density at radius 3 is 2.48 bits per heavy atom. The second-order valence-electron chi connectivity index (χ2n) is 8.01. The monoisotopic (exact) mass is 345 g/mol. The van der Waals surface area contributed by atoms with Crippen molar-refractivity contribution in [2.24, 2.45) is 11.3 Å². The summed E-state index contributed by atoms with van der Waals surface area (Å²) in [5.74, 6) is 0.645. The normalized spacial score (nSPS) is 15.7. The molecule has 0 bridgehead atoms. The minimum Gasteiger partial charge on any atom is -0.326 e. The third-order valence-electron chi connectivity index (χ3n) is 4.69. The van der Waals surface area contributed by atoms with Crippen molar-refractivity contribution >= 4 is 23.2 Å².